The minimum atomic E-state index is 0.605. The number of pyridine rings is 1. The summed E-state index contributed by atoms with van der Waals surface area (Å²) < 4.78 is 5.40. The van der Waals surface area contributed by atoms with Gasteiger partial charge in [0.15, 0.2) is 0 Å². The molecule has 3 aromatic rings. The van der Waals surface area contributed by atoms with Crippen molar-refractivity contribution in [3.63, 3.8) is 0 Å². The zero-order valence-electron chi connectivity index (χ0n) is 12.2. The smallest absolute Gasteiger partial charge is 0.129 e. The number of halogens is 2. The van der Waals surface area contributed by atoms with E-state index in [1.165, 1.54) is 0 Å². The van der Waals surface area contributed by atoms with Crippen molar-refractivity contribution in [2.45, 2.75) is 0 Å². The molecule has 0 bridgehead atoms. The number of fused-ring (bicyclic) bond motifs is 1. The van der Waals surface area contributed by atoms with Gasteiger partial charge < -0.3 is 9.64 Å². The van der Waals surface area contributed by atoms with E-state index in [4.69, 9.17) is 27.9 Å². The Morgan fingerprint density at radius 3 is 2.45 bits per heavy atom. The van der Waals surface area contributed by atoms with Crippen LogP contribution in [-0.2, 0) is 0 Å². The number of anilines is 2. The number of nitrogens with zero attached hydrogens (tertiary/aromatic N) is 2. The van der Waals surface area contributed by atoms with Crippen molar-refractivity contribution in [3.05, 3.63) is 58.7 Å². The van der Waals surface area contributed by atoms with Crippen LogP contribution in [0.5, 0.6) is 5.75 Å². The molecule has 0 aliphatic rings. The maximum absolute atomic E-state index is 6.29. The second-order valence-electron chi connectivity index (χ2n) is 4.84. The Bertz CT molecular complexity index is 816. The number of para-hydroxylation sites is 1. The summed E-state index contributed by atoms with van der Waals surface area (Å²) in [5, 5.41) is 2.15. The van der Waals surface area contributed by atoms with Crippen LogP contribution in [-0.4, -0.2) is 19.1 Å². The molecule has 2 aromatic carbocycles. The van der Waals surface area contributed by atoms with Gasteiger partial charge in [-0.15, -0.1) is 0 Å². The summed E-state index contributed by atoms with van der Waals surface area (Å²) in [7, 11) is 3.58. The van der Waals surface area contributed by atoms with Gasteiger partial charge in [0.1, 0.15) is 5.75 Å². The Hall–Kier alpha value is -1.97. The Labute approximate surface area is 139 Å². The van der Waals surface area contributed by atoms with Crippen molar-refractivity contribution in [2.24, 2.45) is 0 Å². The predicted molar refractivity (Wildman–Crippen MR) is 92.8 cm³/mol. The first kappa shape index (κ1) is 14.9. The largest absolute Gasteiger partial charge is 0.496 e. The van der Waals surface area contributed by atoms with Gasteiger partial charge in [0.2, 0.25) is 0 Å². The maximum atomic E-state index is 6.29. The van der Waals surface area contributed by atoms with Crippen LogP contribution in [0.1, 0.15) is 0 Å². The van der Waals surface area contributed by atoms with Crippen LogP contribution < -0.4 is 9.64 Å². The fourth-order valence-corrected chi connectivity index (χ4v) is 3.09. The van der Waals surface area contributed by atoms with Crippen LogP contribution in [0.4, 0.5) is 11.4 Å². The number of methoxy groups -OCH3 is 1. The molecule has 0 atom stereocenters. The summed E-state index contributed by atoms with van der Waals surface area (Å²) in [6.07, 6.45) is 1.73. The minimum Gasteiger partial charge on any atom is -0.496 e. The standard InChI is InChI=1S/C17H14Cl2N2O/c1-21(17-13(18)4-3-5-14(17)19)11-6-7-15-12(10-11)16(22-2)8-9-20-15/h3-10H,1-2H3. The summed E-state index contributed by atoms with van der Waals surface area (Å²) in [6, 6.07) is 13.3. The third-order valence-corrected chi connectivity index (χ3v) is 4.18. The molecule has 0 N–H and O–H groups in total. The minimum absolute atomic E-state index is 0.605. The van der Waals surface area contributed by atoms with Crippen LogP contribution in [0, 0.1) is 0 Å². The molecule has 3 rings (SSSR count). The normalized spacial score (nSPS) is 10.7. The highest BCUT2D eigenvalue weighted by atomic mass is 35.5. The lowest BCUT2D eigenvalue weighted by molar-refractivity contribution is 0.419. The Morgan fingerprint density at radius 1 is 1.05 bits per heavy atom. The molecular weight excluding hydrogens is 319 g/mol. The van der Waals surface area contributed by atoms with Crippen molar-refractivity contribution < 1.29 is 4.74 Å². The lowest BCUT2D eigenvalue weighted by Gasteiger charge is -2.22. The first-order valence-corrected chi connectivity index (χ1v) is 7.48. The molecule has 3 nitrogen and oxygen atoms in total. The summed E-state index contributed by atoms with van der Waals surface area (Å²) in [5.41, 5.74) is 2.60. The molecule has 0 unspecified atom stereocenters. The molecule has 0 aliphatic heterocycles. The van der Waals surface area contributed by atoms with E-state index in [9.17, 15) is 0 Å². The lowest BCUT2D eigenvalue weighted by Crippen LogP contribution is -2.10. The number of ether oxygens (including phenoxy) is 1. The zero-order valence-corrected chi connectivity index (χ0v) is 13.7. The van der Waals surface area contributed by atoms with Gasteiger partial charge in [-0.3, -0.25) is 4.98 Å². The quantitative estimate of drug-likeness (QED) is 0.649. The van der Waals surface area contributed by atoms with Gasteiger partial charge >= 0.3 is 0 Å². The van der Waals surface area contributed by atoms with Gasteiger partial charge in [-0.1, -0.05) is 29.3 Å². The van der Waals surface area contributed by atoms with Crippen LogP contribution >= 0.6 is 23.2 Å². The molecule has 1 heterocycles. The molecule has 0 radical (unpaired) electrons. The third-order valence-electron chi connectivity index (χ3n) is 3.57. The maximum Gasteiger partial charge on any atom is 0.129 e. The predicted octanol–water partition coefficient (Wildman–Crippen LogP) is 5.32. The number of hydrogen-bond acceptors (Lipinski definition) is 3. The number of rotatable bonds is 3. The van der Waals surface area contributed by atoms with E-state index >= 15 is 0 Å². The average Bonchev–Trinajstić information content (AvgIpc) is 2.53. The summed E-state index contributed by atoms with van der Waals surface area (Å²) in [4.78, 5) is 6.30. The molecule has 1 aromatic heterocycles. The van der Waals surface area contributed by atoms with E-state index in [1.807, 2.05) is 54.4 Å². The number of benzene rings is 2. The van der Waals surface area contributed by atoms with Crippen LogP contribution in [0.15, 0.2) is 48.7 Å². The summed E-state index contributed by atoms with van der Waals surface area (Å²) >= 11 is 12.6. The lowest BCUT2D eigenvalue weighted by atomic mass is 10.1. The highest BCUT2D eigenvalue weighted by Crippen LogP contribution is 2.38. The Balaban J connectivity index is 2.14. The molecule has 5 heteroatoms. The fraction of sp³-hybridized carbons (Fsp3) is 0.118. The fourth-order valence-electron chi connectivity index (χ4n) is 2.43. The van der Waals surface area contributed by atoms with Crippen LogP contribution in [0.3, 0.4) is 0 Å². The van der Waals surface area contributed by atoms with Crippen molar-refractivity contribution in [1.82, 2.24) is 4.98 Å². The van der Waals surface area contributed by atoms with E-state index in [2.05, 4.69) is 4.98 Å². The SMILES string of the molecule is COc1ccnc2ccc(N(C)c3c(Cl)cccc3Cl)cc12. The van der Waals surface area contributed by atoms with E-state index in [-0.39, 0.29) is 0 Å². The van der Waals surface area contributed by atoms with Crippen molar-refractivity contribution in [2.75, 3.05) is 19.1 Å². The second-order valence-corrected chi connectivity index (χ2v) is 5.66. The highest BCUT2D eigenvalue weighted by Gasteiger charge is 2.13. The summed E-state index contributed by atoms with van der Waals surface area (Å²) in [5.74, 6) is 0.783. The molecule has 112 valence electrons. The number of aromatic nitrogens is 1. The van der Waals surface area contributed by atoms with Gasteiger partial charge in [-0.2, -0.15) is 0 Å². The van der Waals surface area contributed by atoms with Crippen LogP contribution in [0.2, 0.25) is 10.0 Å². The topological polar surface area (TPSA) is 25.4 Å². The van der Waals surface area contributed by atoms with Crippen molar-refractivity contribution >= 4 is 45.5 Å². The summed E-state index contributed by atoms with van der Waals surface area (Å²) in [6.45, 7) is 0. The zero-order chi connectivity index (χ0) is 15.7. The van der Waals surface area contributed by atoms with Gasteiger partial charge in [0.05, 0.1) is 28.4 Å². The van der Waals surface area contributed by atoms with E-state index in [0.29, 0.717) is 10.0 Å². The molecule has 0 amide bonds. The molecule has 0 aliphatic carbocycles. The third kappa shape index (κ3) is 2.58. The average molecular weight is 333 g/mol. The highest BCUT2D eigenvalue weighted by molar-refractivity contribution is 6.39. The molecule has 0 saturated heterocycles. The first-order valence-electron chi connectivity index (χ1n) is 6.72. The molecule has 0 fully saturated rings. The van der Waals surface area contributed by atoms with E-state index in [1.54, 1.807) is 13.3 Å². The van der Waals surface area contributed by atoms with E-state index < -0.39 is 0 Å². The Morgan fingerprint density at radius 2 is 1.77 bits per heavy atom. The molecular formula is C17H14Cl2N2O. The van der Waals surface area contributed by atoms with Gasteiger partial charge in [-0.25, -0.2) is 0 Å². The van der Waals surface area contributed by atoms with Gasteiger partial charge in [0, 0.05) is 24.3 Å². The second kappa shape index (κ2) is 6.03. The molecule has 0 spiro atoms. The molecule has 22 heavy (non-hydrogen) atoms. The first-order chi connectivity index (χ1) is 10.6. The molecule has 0 saturated carbocycles. The van der Waals surface area contributed by atoms with Gasteiger partial charge in [-0.05, 0) is 36.4 Å². The monoisotopic (exact) mass is 332 g/mol. The number of hydrogen-bond donors (Lipinski definition) is 0. The van der Waals surface area contributed by atoms with Crippen molar-refractivity contribution in [1.29, 1.82) is 0 Å². The van der Waals surface area contributed by atoms with Gasteiger partial charge in [0.25, 0.3) is 0 Å². The van der Waals surface area contributed by atoms with Crippen LogP contribution in [0.25, 0.3) is 10.9 Å². The Kier molecular flexibility index (Phi) is 4.10. The van der Waals surface area contributed by atoms with Crippen molar-refractivity contribution in [3.8, 4) is 5.75 Å². The van der Waals surface area contributed by atoms with E-state index in [0.717, 1.165) is 28.0 Å².